The third kappa shape index (κ3) is 3.33. The van der Waals surface area contributed by atoms with Gasteiger partial charge < -0.3 is 14.4 Å². The van der Waals surface area contributed by atoms with Crippen LogP contribution in [-0.4, -0.2) is 32.7 Å². The zero-order chi connectivity index (χ0) is 17.8. The first kappa shape index (κ1) is 17.0. The van der Waals surface area contributed by atoms with E-state index in [0.29, 0.717) is 12.2 Å². The van der Waals surface area contributed by atoms with Crippen LogP contribution in [0.1, 0.15) is 17.9 Å². The number of hydrogen-bond donors (Lipinski definition) is 0. The molecule has 0 aliphatic carbocycles. The van der Waals surface area contributed by atoms with Crippen LogP contribution < -0.4 is 14.4 Å². The van der Waals surface area contributed by atoms with Crippen molar-refractivity contribution in [3.63, 3.8) is 0 Å². The zero-order valence-corrected chi connectivity index (χ0v) is 14.2. The highest BCUT2D eigenvalue weighted by Gasteiger charge is 2.41. The SMILES string of the molecule is COc1ccc([C@@H]2CC(=O)N(c3ccc(OC)cc3)[C@H]2CN=O)cc1. The number of carbonyl (C=O) groups excluding carboxylic acids is 1. The van der Waals surface area contributed by atoms with E-state index in [1.165, 1.54) is 0 Å². The van der Waals surface area contributed by atoms with E-state index in [4.69, 9.17) is 9.47 Å². The first-order chi connectivity index (χ1) is 12.2. The molecule has 1 aliphatic rings. The lowest BCUT2D eigenvalue weighted by Gasteiger charge is -2.26. The number of anilines is 1. The van der Waals surface area contributed by atoms with Crippen molar-refractivity contribution in [3.05, 3.63) is 59.0 Å². The van der Waals surface area contributed by atoms with Gasteiger partial charge in [-0.25, -0.2) is 0 Å². The lowest BCUT2D eigenvalue weighted by Crippen LogP contribution is -2.37. The summed E-state index contributed by atoms with van der Waals surface area (Å²) in [6.07, 6.45) is 0.346. The molecule has 1 amide bonds. The summed E-state index contributed by atoms with van der Waals surface area (Å²) in [5.74, 6) is 1.37. The first-order valence-electron chi connectivity index (χ1n) is 8.07. The smallest absolute Gasteiger partial charge is 0.228 e. The number of nitroso groups, excluding NO2 is 1. The van der Waals surface area contributed by atoms with Crippen molar-refractivity contribution in [1.82, 2.24) is 0 Å². The largest absolute Gasteiger partial charge is 0.497 e. The van der Waals surface area contributed by atoms with Crippen molar-refractivity contribution in [2.75, 3.05) is 25.7 Å². The van der Waals surface area contributed by atoms with Gasteiger partial charge in [-0.1, -0.05) is 17.3 Å². The molecule has 130 valence electrons. The summed E-state index contributed by atoms with van der Waals surface area (Å²) in [4.78, 5) is 25.3. The topological polar surface area (TPSA) is 68.2 Å². The number of ether oxygens (including phenoxy) is 2. The number of nitrogens with zero attached hydrogens (tertiary/aromatic N) is 2. The highest BCUT2D eigenvalue weighted by Crippen LogP contribution is 2.38. The summed E-state index contributed by atoms with van der Waals surface area (Å²) in [5.41, 5.74) is 1.74. The molecular formula is C19H20N2O4. The van der Waals surface area contributed by atoms with Gasteiger partial charge in [-0.05, 0) is 42.0 Å². The van der Waals surface area contributed by atoms with Gasteiger partial charge >= 0.3 is 0 Å². The van der Waals surface area contributed by atoms with Crippen LogP contribution in [0.5, 0.6) is 11.5 Å². The number of benzene rings is 2. The number of methoxy groups -OCH3 is 2. The van der Waals surface area contributed by atoms with Crippen LogP contribution >= 0.6 is 0 Å². The van der Waals surface area contributed by atoms with Gasteiger partial charge in [0.25, 0.3) is 0 Å². The van der Waals surface area contributed by atoms with Gasteiger partial charge in [-0.15, -0.1) is 0 Å². The molecule has 0 unspecified atom stereocenters. The van der Waals surface area contributed by atoms with Gasteiger partial charge in [-0.2, -0.15) is 4.91 Å². The average molecular weight is 340 g/mol. The molecule has 1 fully saturated rings. The zero-order valence-electron chi connectivity index (χ0n) is 14.2. The fourth-order valence-corrected chi connectivity index (χ4v) is 3.34. The second kappa shape index (κ2) is 7.34. The van der Waals surface area contributed by atoms with Crippen LogP contribution in [0.3, 0.4) is 0 Å². The molecule has 1 heterocycles. The Kier molecular flexibility index (Phi) is 4.97. The molecule has 1 aliphatic heterocycles. The van der Waals surface area contributed by atoms with Crippen molar-refractivity contribution >= 4 is 11.6 Å². The van der Waals surface area contributed by atoms with Gasteiger partial charge in [0.15, 0.2) is 0 Å². The number of amides is 1. The van der Waals surface area contributed by atoms with Crippen molar-refractivity contribution in [1.29, 1.82) is 0 Å². The highest BCUT2D eigenvalue weighted by molar-refractivity contribution is 5.97. The quantitative estimate of drug-likeness (QED) is 0.756. The Morgan fingerprint density at radius 2 is 1.56 bits per heavy atom. The molecule has 2 aromatic rings. The Morgan fingerprint density at radius 3 is 2.08 bits per heavy atom. The van der Waals surface area contributed by atoms with Gasteiger partial charge in [-0.3, -0.25) is 4.79 Å². The summed E-state index contributed by atoms with van der Waals surface area (Å²) >= 11 is 0. The molecule has 0 saturated carbocycles. The summed E-state index contributed by atoms with van der Waals surface area (Å²) in [7, 11) is 3.20. The first-order valence-corrected chi connectivity index (χ1v) is 8.07. The average Bonchev–Trinajstić information content (AvgIpc) is 2.98. The molecule has 2 aromatic carbocycles. The Hall–Kier alpha value is -2.89. The van der Waals surface area contributed by atoms with Crippen LogP contribution in [0.15, 0.2) is 53.7 Å². The minimum Gasteiger partial charge on any atom is -0.497 e. The van der Waals surface area contributed by atoms with Gasteiger partial charge in [0, 0.05) is 18.0 Å². The fourth-order valence-electron chi connectivity index (χ4n) is 3.34. The molecule has 0 spiro atoms. The van der Waals surface area contributed by atoms with Gasteiger partial charge in [0.2, 0.25) is 5.91 Å². The lowest BCUT2D eigenvalue weighted by atomic mass is 9.91. The summed E-state index contributed by atoms with van der Waals surface area (Å²) in [6, 6.07) is 14.5. The summed E-state index contributed by atoms with van der Waals surface area (Å²) in [6.45, 7) is 0.0501. The van der Waals surface area contributed by atoms with Crippen LogP contribution in [0, 0.1) is 4.91 Å². The van der Waals surface area contributed by atoms with E-state index >= 15 is 0 Å². The lowest BCUT2D eigenvalue weighted by molar-refractivity contribution is -0.117. The third-order valence-corrected chi connectivity index (χ3v) is 4.62. The maximum Gasteiger partial charge on any atom is 0.228 e. The van der Waals surface area contributed by atoms with E-state index in [-0.39, 0.29) is 24.4 Å². The van der Waals surface area contributed by atoms with E-state index in [1.54, 1.807) is 31.3 Å². The predicted octanol–water partition coefficient (Wildman–Crippen LogP) is 3.36. The van der Waals surface area contributed by atoms with Crippen molar-refractivity contribution in [2.45, 2.75) is 18.4 Å². The monoisotopic (exact) mass is 340 g/mol. The Balaban J connectivity index is 1.92. The Labute approximate surface area is 146 Å². The van der Waals surface area contributed by atoms with Gasteiger partial charge in [0.05, 0.1) is 20.3 Å². The maximum atomic E-state index is 12.6. The molecule has 6 nitrogen and oxygen atoms in total. The minimum absolute atomic E-state index is 0.0142. The second-order valence-corrected chi connectivity index (χ2v) is 5.92. The maximum absolute atomic E-state index is 12.6. The van der Waals surface area contributed by atoms with Crippen LogP contribution in [0.25, 0.3) is 0 Å². The normalized spacial score (nSPS) is 19.8. The number of hydrogen-bond acceptors (Lipinski definition) is 5. The Bertz CT molecular complexity index is 743. The number of rotatable bonds is 6. The van der Waals surface area contributed by atoms with Crippen LogP contribution in [0.2, 0.25) is 0 Å². The molecule has 6 heteroatoms. The molecular weight excluding hydrogens is 320 g/mol. The van der Waals surface area contributed by atoms with Crippen LogP contribution in [0.4, 0.5) is 5.69 Å². The van der Waals surface area contributed by atoms with Gasteiger partial charge in [0.1, 0.15) is 18.0 Å². The molecule has 0 radical (unpaired) electrons. The number of carbonyl (C=O) groups is 1. The van der Waals surface area contributed by atoms with E-state index in [9.17, 15) is 9.70 Å². The predicted molar refractivity (Wildman–Crippen MR) is 95.3 cm³/mol. The van der Waals surface area contributed by atoms with Crippen LogP contribution in [-0.2, 0) is 4.79 Å². The van der Waals surface area contributed by atoms with E-state index < -0.39 is 0 Å². The van der Waals surface area contributed by atoms with Crippen molar-refractivity contribution in [2.24, 2.45) is 5.18 Å². The molecule has 0 aromatic heterocycles. The van der Waals surface area contributed by atoms with Crippen molar-refractivity contribution in [3.8, 4) is 11.5 Å². The van der Waals surface area contributed by atoms with E-state index in [2.05, 4.69) is 5.18 Å². The molecule has 1 saturated heterocycles. The van der Waals surface area contributed by atoms with Crippen molar-refractivity contribution < 1.29 is 14.3 Å². The minimum atomic E-state index is -0.299. The molecule has 2 atom stereocenters. The fraction of sp³-hybridized carbons (Fsp3) is 0.316. The highest BCUT2D eigenvalue weighted by atomic mass is 16.5. The molecule has 0 bridgehead atoms. The molecule has 25 heavy (non-hydrogen) atoms. The summed E-state index contributed by atoms with van der Waals surface area (Å²) < 4.78 is 10.3. The van der Waals surface area contributed by atoms with E-state index in [1.807, 2.05) is 36.4 Å². The second-order valence-electron chi connectivity index (χ2n) is 5.92. The standard InChI is InChI=1S/C19H20N2O4/c1-24-15-7-3-13(4-8-15)17-11-19(22)21(18(17)12-20-23)14-5-9-16(25-2)10-6-14/h3-10,17-18H,11-12H2,1-2H3/t17-,18-/m0/s1. The third-order valence-electron chi connectivity index (χ3n) is 4.62. The summed E-state index contributed by atoms with van der Waals surface area (Å²) in [5, 5.41) is 3.08. The molecule has 3 rings (SSSR count). The van der Waals surface area contributed by atoms with E-state index in [0.717, 1.165) is 17.0 Å². The molecule has 0 N–H and O–H groups in total. The Morgan fingerprint density at radius 1 is 1.00 bits per heavy atom.